The number of benzene rings is 1. The topological polar surface area (TPSA) is 36.1 Å². The van der Waals surface area contributed by atoms with Gasteiger partial charge in [0.1, 0.15) is 0 Å². The van der Waals surface area contributed by atoms with Crippen molar-refractivity contribution in [2.24, 2.45) is 0 Å². The molecule has 1 saturated carbocycles. The van der Waals surface area contributed by atoms with E-state index in [0.717, 1.165) is 5.69 Å². The maximum Gasteiger partial charge on any atom is 0.185 e. The van der Waals surface area contributed by atoms with E-state index in [9.17, 15) is 0 Å². The summed E-state index contributed by atoms with van der Waals surface area (Å²) in [5.74, 6) is 0. The molecule has 0 aromatic heterocycles. The monoisotopic (exact) mass is 235 g/mol. The molecule has 0 heterocycles. The van der Waals surface area contributed by atoms with Gasteiger partial charge in [0.25, 0.3) is 0 Å². The molecule has 86 valence electrons. The number of aryl methyl sites for hydroxylation is 2. The minimum atomic E-state index is 0.584. The number of hydrogen-bond donors (Lipinski definition) is 3. The maximum absolute atomic E-state index is 5.15. The number of hydrazine groups is 1. The molecule has 2 rings (SSSR count). The molecule has 0 atom stereocenters. The van der Waals surface area contributed by atoms with Gasteiger partial charge in [0.2, 0.25) is 0 Å². The zero-order valence-corrected chi connectivity index (χ0v) is 10.4. The van der Waals surface area contributed by atoms with E-state index in [4.69, 9.17) is 12.2 Å². The fourth-order valence-electron chi connectivity index (χ4n) is 1.62. The third kappa shape index (κ3) is 3.38. The van der Waals surface area contributed by atoms with Gasteiger partial charge in [0.15, 0.2) is 5.11 Å². The summed E-state index contributed by atoms with van der Waals surface area (Å²) in [6, 6.07) is 6.90. The van der Waals surface area contributed by atoms with E-state index in [1.165, 1.54) is 24.0 Å². The van der Waals surface area contributed by atoms with E-state index in [1.807, 2.05) is 0 Å². The van der Waals surface area contributed by atoms with Crippen LogP contribution < -0.4 is 16.2 Å². The molecule has 16 heavy (non-hydrogen) atoms. The fourth-order valence-corrected chi connectivity index (χ4v) is 1.84. The lowest BCUT2D eigenvalue weighted by atomic mass is 10.1. The fraction of sp³-hybridized carbons (Fsp3) is 0.417. The van der Waals surface area contributed by atoms with Crippen molar-refractivity contribution < 1.29 is 0 Å². The second-order valence-corrected chi connectivity index (χ2v) is 4.78. The molecule has 1 aliphatic rings. The van der Waals surface area contributed by atoms with Crippen molar-refractivity contribution in [1.29, 1.82) is 0 Å². The number of anilines is 1. The first-order chi connectivity index (χ1) is 7.63. The van der Waals surface area contributed by atoms with E-state index in [0.29, 0.717) is 11.2 Å². The van der Waals surface area contributed by atoms with Crippen molar-refractivity contribution in [2.75, 3.05) is 5.43 Å². The lowest BCUT2D eigenvalue weighted by Gasteiger charge is -2.12. The molecule has 1 aromatic carbocycles. The Bertz CT molecular complexity index is 379. The Morgan fingerprint density at radius 1 is 1.19 bits per heavy atom. The molecule has 4 heteroatoms. The summed E-state index contributed by atoms with van der Waals surface area (Å²) >= 11 is 5.15. The average Bonchev–Trinajstić information content (AvgIpc) is 2.97. The summed E-state index contributed by atoms with van der Waals surface area (Å²) < 4.78 is 0. The van der Waals surface area contributed by atoms with E-state index >= 15 is 0 Å². The highest BCUT2D eigenvalue weighted by molar-refractivity contribution is 7.80. The van der Waals surface area contributed by atoms with Crippen molar-refractivity contribution in [3.05, 3.63) is 29.3 Å². The summed E-state index contributed by atoms with van der Waals surface area (Å²) in [7, 11) is 0. The highest BCUT2D eigenvalue weighted by atomic mass is 32.1. The maximum atomic E-state index is 5.15. The smallest absolute Gasteiger partial charge is 0.185 e. The van der Waals surface area contributed by atoms with Crippen molar-refractivity contribution >= 4 is 23.0 Å². The summed E-state index contributed by atoms with van der Waals surface area (Å²) in [6.45, 7) is 4.16. The van der Waals surface area contributed by atoms with Crippen molar-refractivity contribution in [2.45, 2.75) is 32.7 Å². The molecule has 0 radical (unpaired) electrons. The number of hydrogen-bond acceptors (Lipinski definition) is 2. The molecule has 3 nitrogen and oxygen atoms in total. The van der Waals surface area contributed by atoms with Gasteiger partial charge in [-0.2, -0.15) is 0 Å². The highest BCUT2D eigenvalue weighted by Gasteiger charge is 2.21. The minimum absolute atomic E-state index is 0.584. The molecular weight excluding hydrogens is 218 g/mol. The van der Waals surface area contributed by atoms with E-state index < -0.39 is 0 Å². The number of thiocarbonyl (C=S) groups is 1. The normalized spacial score (nSPS) is 14.4. The Hall–Kier alpha value is -1.29. The molecular formula is C12H17N3S. The SMILES string of the molecule is Cc1cc(C)cc(NNC(=S)NC2CC2)c1. The molecule has 3 N–H and O–H groups in total. The van der Waals surface area contributed by atoms with Gasteiger partial charge in [-0.25, -0.2) is 0 Å². The predicted octanol–water partition coefficient (Wildman–Crippen LogP) is 2.26. The van der Waals surface area contributed by atoms with Crippen molar-refractivity contribution in [3.8, 4) is 0 Å². The van der Waals surface area contributed by atoms with Crippen LogP contribution in [-0.2, 0) is 0 Å². The second kappa shape index (κ2) is 4.70. The molecule has 0 bridgehead atoms. The van der Waals surface area contributed by atoms with Crippen LogP contribution in [0.2, 0.25) is 0 Å². The summed E-state index contributed by atoms with van der Waals surface area (Å²) in [5.41, 5.74) is 9.62. The van der Waals surface area contributed by atoms with Gasteiger partial charge in [-0.05, 0) is 62.2 Å². The first-order valence-electron chi connectivity index (χ1n) is 5.54. The zero-order chi connectivity index (χ0) is 11.5. The van der Waals surface area contributed by atoms with Gasteiger partial charge in [0.05, 0.1) is 5.69 Å². The number of rotatable bonds is 3. The van der Waals surface area contributed by atoms with E-state index in [-0.39, 0.29) is 0 Å². The Morgan fingerprint density at radius 2 is 1.81 bits per heavy atom. The van der Waals surface area contributed by atoms with Crippen molar-refractivity contribution in [1.82, 2.24) is 10.7 Å². The van der Waals surface area contributed by atoms with Crippen LogP contribution in [0.5, 0.6) is 0 Å². The predicted molar refractivity (Wildman–Crippen MR) is 71.4 cm³/mol. The Morgan fingerprint density at radius 3 is 2.38 bits per heavy atom. The first kappa shape index (κ1) is 11.2. The summed E-state index contributed by atoms with van der Waals surface area (Å²) in [6.07, 6.45) is 2.46. The van der Waals surface area contributed by atoms with Gasteiger partial charge in [0, 0.05) is 6.04 Å². The van der Waals surface area contributed by atoms with Gasteiger partial charge in [-0.15, -0.1) is 0 Å². The highest BCUT2D eigenvalue weighted by Crippen LogP contribution is 2.18. The van der Waals surface area contributed by atoms with Crippen LogP contribution in [0.1, 0.15) is 24.0 Å². The molecule has 1 aromatic rings. The standard InChI is InChI=1S/C12H17N3S/c1-8-5-9(2)7-11(6-8)14-15-12(16)13-10-3-4-10/h5-7,10,14H,3-4H2,1-2H3,(H2,13,15,16). The van der Waals surface area contributed by atoms with Crippen LogP contribution in [0.15, 0.2) is 18.2 Å². The third-order valence-corrected chi connectivity index (χ3v) is 2.67. The lowest BCUT2D eigenvalue weighted by Crippen LogP contribution is -2.39. The molecule has 1 aliphatic carbocycles. The van der Waals surface area contributed by atoms with Gasteiger partial charge in [-0.3, -0.25) is 10.9 Å². The molecule has 0 saturated heterocycles. The lowest BCUT2D eigenvalue weighted by molar-refractivity contribution is 0.880. The molecule has 0 aliphatic heterocycles. The van der Waals surface area contributed by atoms with Crippen LogP contribution in [0.25, 0.3) is 0 Å². The minimum Gasteiger partial charge on any atom is -0.359 e. The van der Waals surface area contributed by atoms with Crippen LogP contribution in [-0.4, -0.2) is 11.2 Å². The van der Waals surface area contributed by atoms with Crippen LogP contribution in [0.4, 0.5) is 5.69 Å². The van der Waals surface area contributed by atoms with Gasteiger partial charge < -0.3 is 5.32 Å². The quantitative estimate of drug-likeness (QED) is 0.555. The Kier molecular flexibility index (Phi) is 3.29. The second-order valence-electron chi connectivity index (χ2n) is 4.37. The van der Waals surface area contributed by atoms with E-state index in [2.05, 4.69) is 48.2 Å². The third-order valence-electron chi connectivity index (χ3n) is 2.45. The molecule has 1 fully saturated rings. The van der Waals surface area contributed by atoms with Crippen LogP contribution in [0, 0.1) is 13.8 Å². The average molecular weight is 235 g/mol. The van der Waals surface area contributed by atoms with Crippen molar-refractivity contribution in [3.63, 3.8) is 0 Å². The molecule has 0 spiro atoms. The Balaban J connectivity index is 1.85. The zero-order valence-electron chi connectivity index (χ0n) is 9.63. The molecule has 0 amide bonds. The first-order valence-corrected chi connectivity index (χ1v) is 5.95. The summed E-state index contributed by atoms with van der Waals surface area (Å²) in [4.78, 5) is 0. The number of nitrogens with one attached hydrogen (secondary N) is 3. The largest absolute Gasteiger partial charge is 0.359 e. The summed E-state index contributed by atoms with van der Waals surface area (Å²) in [5, 5.41) is 3.88. The van der Waals surface area contributed by atoms with Gasteiger partial charge >= 0.3 is 0 Å². The molecule has 0 unspecified atom stereocenters. The van der Waals surface area contributed by atoms with Gasteiger partial charge in [-0.1, -0.05) is 6.07 Å². The Labute approximate surface area is 102 Å². The van der Waals surface area contributed by atoms with E-state index in [1.54, 1.807) is 0 Å². The van der Waals surface area contributed by atoms with Crippen LogP contribution >= 0.6 is 12.2 Å². The van der Waals surface area contributed by atoms with Crippen LogP contribution in [0.3, 0.4) is 0 Å².